The van der Waals surface area contributed by atoms with Crippen LogP contribution in [0.4, 0.5) is 0 Å². The average Bonchev–Trinajstić information content (AvgIpc) is 2.43. The van der Waals surface area contributed by atoms with Crippen LogP contribution in [0.1, 0.15) is 45.7 Å². The predicted molar refractivity (Wildman–Crippen MR) is 84.9 cm³/mol. The van der Waals surface area contributed by atoms with Crippen LogP contribution in [0.5, 0.6) is 0 Å². The number of rotatable bonds is 7. The fourth-order valence-electron chi connectivity index (χ4n) is 3.07. The lowest BCUT2D eigenvalue weighted by molar-refractivity contribution is 0.0728. The van der Waals surface area contributed by atoms with Gasteiger partial charge < -0.3 is 5.32 Å². The molecule has 0 fully saturated rings. The van der Waals surface area contributed by atoms with Gasteiger partial charge >= 0.3 is 0 Å². The van der Waals surface area contributed by atoms with Gasteiger partial charge in [-0.2, -0.15) is 0 Å². The van der Waals surface area contributed by atoms with Crippen LogP contribution in [0.25, 0.3) is 0 Å². The van der Waals surface area contributed by atoms with E-state index >= 15 is 0 Å². The summed E-state index contributed by atoms with van der Waals surface area (Å²) < 4.78 is 0. The summed E-state index contributed by atoms with van der Waals surface area (Å²) in [4.78, 5) is 2.51. The van der Waals surface area contributed by atoms with Gasteiger partial charge in [-0.1, -0.05) is 50.6 Å². The van der Waals surface area contributed by atoms with E-state index in [0.29, 0.717) is 0 Å². The Labute approximate surface area is 123 Å². The van der Waals surface area contributed by atoms with Crippen LogP contribution in [-0.2, 0) is 0 Å². The van der Waals surface area contributed by atoms with Crippen molar-refractivity contribution in [2.24, 2.45) is 0 Å². The first-order chi connectivity index (χ1) is 9.04. The molecule has 0 radical (unpaired) electrons. The molecule has 1 aromatic carbocycles. The van der Waals surface area contributed by atoms with Crippen molar-refractivity contribution in [3.8, 4) is 0 Å². The summed E-state index contributed by atoms with van der Waals surface area (Å²) in [6, 6.07) is 8.37. The summed E-state index contributed by atoms with van der Waals surface area (Å²) in [6.07, 6.45) is 1.07. The van der Waals surface area contributed by atoms with Gasteiger partial charge in [0.2, 0.25) is 0 Å². The lowest BCUT2D eigenvalue weighted by Gasteiger charge is -2.46. The summed E-state index contributed by atoms with van der Waals surface area (Å²) in [5.74, 6) is 0. The predicted octanol–water partition coefficient (Wildman–Crippen LogP) is 4.11. The molecule has 3 heteroatoms. The first-order valence-corrected chi connectivity index (χ1v) is 7.59. The SMILES string of the molecule is CCN(CC)C(C)(CC)C(NC)c1ccccc1Cl. The first-order valence-electron chi connectivity index (χ1n) is 7.21. The van der Waals surface area contributed by atoms with Crippen LogP contribution in [0.3, 0.4) is 0 Å². The Bertz CT molecular complexity index is 390. The molecule has 0 bridgehead atoms. The normalized spacial score (nSPS) is 16.4. The van der Waals surface area contributed by atoms with Gasteiger partial charge in [0.15, 0.2) is 0 Å². The quantitative estimate of drug-likeness (QED) is 0.810. The molecule has 1 N–H and O–H groups in total. The molecule has 108 valence electrons. The molecule has 0 aliphatic rings. The van der Waals surface area contributed by atoms with Gasteiger partial charge in [-0.25, -0.2) is 0 Å². The van der Waals surface area contributed by atoms with Crippen molar-refractivity contribution >= 4 is 11.6 Å². The minimum Gasteiger partial charge on any atom is -0.311 e. The van der Waals surface area contributed by atoms with Crippen LogP contribution in [-0.4, -0.2) is 30.6 Å². The van der Waals surface area contributed by atoms with Gasteiger partial charge in [-0.3, -0.25) is 4.90 Å². The molecule has 0 saturated heterocycles. The van der Waals surface area contributed by atoms with Crippen molar-refractivity contribution in [1.82, 2.24) is 10.2 Å². The summed E-state index contributed by atoms with van der Waals surface area (Å²) in [6.45, 7) is 11.1. The lowest BCUT2D eigenvalue weighted by Crippen LogP contribution is -2.53. The van der Waals surface area contributed by atoms with Crippen molar-refractivity contribution in [2.75, 3.05) is 20.1 Å². The molecule has 0 aliphatic heterocycles. The molecule has 0 saturated carbocycles. The van der Waals surface area contributed by atoms with Gasteiger partial charge in [-0.15, -0.1) is 0 Å². The van der Waals surface area contributed by atoms with Gasteiger partial charge in [0.25, 0.3) is 0 Å². The number of halogens is 1. The molecule has 1 rings (SSSR count). The average molecular weight is 283 g/mol. The van der Waals surface area contributed by atoms with E-state index in [9.17, 15) is 0 Å². The second-order valence-corrected chi connectivity index (χ2v) is 5.53. The monoisotopic (exact) mass is 282 g/mol. The summed E-state index contributed by atoms with van der Waals surface area (Å²) >= 11 is 6.39. The highest BCUT2D eigenvalue weighted by molar-refractivity contribution is 6.31. The third kappa shape index (κ3) is 3.31. The zero-order valence-corrected chi connectivity index (χ0v) is 13.6. The number of hydrogen-bond acceptors (Lipinski definition) is 2. The zero-order valence-electron chi connectivity index (χ0n) is 12.8. The van der Waals surface area contributed by atoms with E-state index in [2.05, 4.69) is 50.0 Å². The van der Waals surface area contributed by atoms with Gasteiger partial charge in [0.1, 0.15) is 0 Å². The highest BCUT2D eigenvalue weighted by atomic mass is 35.5. The van der Waals surface area contributed by atoms with E-state index in [1.165, 1.54) is 5.56 Å². The third-order valence-corrected chi connectivity index (χ3v) is 4.67. The van der Waals surface area contributed by atoms with Crippen LogP contribution < -0.4 is 5.32 Å². The fraction of sp³-hybridized carbons (Fsp3) is 0.625. The largest absolute Gasteiger partial charge is 0.311 e. The van der Waals surface area contributed by atoms with Crippen molar-refractivity contribution in [1.29, 1.82) is 0 Å². The molecule has 1 aromatic rings. The van der Waals surface area contributed by atoms with Crippen LogP contribution in [0, 0.1) is 0 Å². The maximum absolute atomic E-state index is 6.39. The van der Waals surface area contributed by atoms with E-state index < -0.39 is 0 Å². The van der Waals surface area contributed by atoms with Gasteiger partial charge in [-0.05, 0) is 45.1 Å². The molecule has 2 nitrogen and oxygen atoms in total. The Morgan fingerprint density at radius 3 is 2.21 bits per heavy atom. The van der Waals surface area contributed by atoms with E-state index in [1.54, 1.807) is 0 Å². The van der Waals surface area contributed by atoms with E-state index in [4.69, 9.17) is 11.6 Å². The number of nitrogens with one attached hydrogen (secondary N) is 1. The second-order valence-electron chi connectivity index (χ2n) is 5.13. The molecule has 0 spiro atoms. The minimum atomic E-state index is 0.0588. The van der Waals surface area contributed by atoms with Gasteiger partial charge in [0, 0.05) is 10.6 Å². The lowest BCUT2D eigenvalue weighted by atomic mass is 9.82. The van der Waals surface area contributed by atoms with Crippen LogP contribution >= 0.6 is 11.6 Å². The first kappa shape index (κ1) is 16.5. The van der Waals surface area contributed by atoms with Gasteiger partial charge in [0.05, 0.1) is 6.04 Å². The maximum atomic E-state index is 6.39. The summed E-state index contributed by atoms with van der Waals surface area (Å²) in [5.41, 5.74) is 1.24. The Kier molecular flexibility index (Phi) is 6.31. The van der Waals surface area contributed by atoms with Crippen molar-refractivity contribution < 1.29 is 0 Å². The number of hydrogen-bond donors (Lipinski definition) is 1. The van der Waals surface area contributed by atoms with E-state index in [1.807, 2.05) is 19.2 Å². The van der Waals surface area contributed by atoms with E-state index in [0.717, 1.165) is 24.5 Å². The highest BCUT2D eigenvalue weighted by Gasteiger charge is 2.37. The molecule has 0 aromatic heterocycles. The molecule has 0 amide bonds. The molecule has 0 aliphatic carbocycles. The number of benzene rings is 1. The Balaban J connectivity index is 3.22. The van der Waals surface area contributed by atoms with Crippen molar-refractivity contribution in [3.05, 3.63) is 34.9 Å². The Morgan fingerprint density at radius 1 is 1.21 bits per heavy atom. The fourth-order valence-corrected chi connectivity index (χ4v) is 3.31. The standard InChI is InChI=1S/C16H27ClN2/c1-6-16(4,19(7-2)8-3)15(18-5)13-11-9-10-12-14(13)17/h9-12,15,18H,6-8H2,1-5H3. The molecular formula is C16H27ClN2. The van der Waals surface area contributed by atoms with Crippen LogP contribution in [0.15, 0.2) is 24.3 Å². The molecule has 2 atom stereocenters. The number of likely N-dealkylation sites (N-methyl/N-ethyl adjacent to an activating group) is 2. The minimum absolute atomic E-state index is 0.0588. The topological polar surface area (TPSA) is 15.3 Å². The smallest absolute Gasteiger partial charge is 0.0516 e. The van der Waals surface area contributed by atoms with Crippen LogP contribution in [0.2, 0.25) is 5.02 Å². The molecule has 19 heavy (non-hydrogen) atoms. The third-order valence-electron chi connectivity index (χ3n) is 4.33. The zero-order chi connectivity index (χ0) is 14.5. The highest BCUT2D eigenvalue weighted by Crippen LogP contribution is 2.36. The van der Waals surface area contributed by atoms with Crippen molar-refractivity contribution in [3.63, 3.8) is 0 Å². The second kappa shape index (κ2) is 7.28. The Hall–Kier alpha value is -0.570. The molecule has 0 heterocycles. The molecular weight excluding hydrogens is 256 g/mol. The molecule has 2 unspecified atom stereocenters. The Morgan fingerprint density at radius 2 is 1.79 bits per heavy atom. The van der Waals surface area contributed by atoms with Crippen molar-refractivity contribution in [2.45, 2.75) is 45.7 Å². The summed E-state index contributed by atoms with van der Waals surface area (Å²) in [7, 11) is 2.02. The summed E-state index contributed by atoms with van der Waals surface area (Å²) in [5, 5.41) is 4.32. The maximum Gasteiger partial charge on any atom is 0.0516 e. The number of nitrogens with zero attached hydrogens (tertiary/aromatic N) is 1. The van der Waals surface area contributed by atoms with E-state index in [-0.39, 0.29) is 11.6 Å².